The molecule has 0 spiro atoms. The Bertz CT molecular complexity index is 1040. The van der Waals surface area contributed by atoms with Gasteiger partial charge >= 0.3 is 12.6 Å². The fourth-order valence-corrected chi connectivity index (χ4v) is 4.00. The summed E-state index contributed by atoms with van der Waals surface area (Å²) in [6.45, 7) is -3.67. The molecule has 0 unspecified atom stereocenters. The van der Waals surface area contributed by atoms with Crippen LogP contribution < -0.4 is 10.1 Å². The van der Waals surface area contributed by atoms with E-state index in [2.05, 4.69) is 10.1 Å². The smallest absolute Gasteiger partial charge is 0.387 e. The van der Waals surface area contributed by atoms with Gasteiger partial charge < -0.3 is 14.8 Å². The second kappa shape index (κ2) is 8.72. The lowest BCUT2D eigenvalue weighted by molar-refractivity contribution is -0.119. The number of thiophene rings is 1. The average molecular weight is 446 g/mol. The topological polar surface area (TPSA) is 64.6 Å². The zero-order valence-electron chi connectivity index (χ0n) is 13.9. The summed E-state index contributed by atoms with van der Waals surface area (Å²) in [5.74, 6) is -1.71. The number of halogens is 4. The molecule has 1 heterocycles. The summed E-state index contributed by atoms with van der Waals surface area (Å²) in [5.41, 5.74) is 0.0263. The molecule has 1 N–H and O–H groups in total. The van der Waals surface area contributed by atoms with Crippen LogP contribution >= 0.6 is 34.5 Å². The van der Waals surface area contributed by atoms with Crippen molar-refractivity contribution < 1.29 is 27.8 Å². The third-order valence-corrected chi connectivity index (χ3v) is 5.36. The molecule has 0 saturated heterocycles. The van der Waals surface area contributed by atoms with Crippen molar-refractivity contribution in [1.29, 1.82) is 0 Å². The Morgan fingerprint density at radius 2 is 1.89 bits per heavy atom. The van der Waals surface area contributed by atoms with E-state index in [1.165, 1.54) is 24.3 Å². The Morgan fingerprint density at radius 1 is 1.14 bits per heavy atom. The number of ether oxygens (including phenoxy) is 2. The maximum absolute atomic E-state index is 12.4. The van der Waals surface area contributed by atoms with E-state index < -0.39 is 25.1 Å². The van der Waals surface area contributed by atoms with Gasteiger partial charge in [0.05, 0.1) is 10.7 Å². The van der Waals surface area contributed by atoms with Crippen molar-refractivity contribution in [2.24, 2.45) is 0 Å². The quantitative estimate of drug-likeness (QED) is 0.501. The second-order valence-electron chi connectivity index (χ2n) is 5.38. The van der Waals surface area contributed by atoms with Crippen molar-refractivity contribution in [3.8, 4) is 5.75 Å². The number of amides is 1. The van der Waals surface area contributed by atoms with Crippen LogP contribution in [0.1, 0.15) is 9.67 Å². The Labute approximate surface area is 171 Å². The highest BCUT2D eigenvalue weighted by Crippen LogP contribution is 2.37. The number of esters is 1. The average Bonchev–Trinajstić information content (AvgIpc) is 2.97. The van der Waals surface area contributed by atoms with Crippen LogP contribution in [0, 0.1) is 0 Å². The van der Waals surface area contributed by atoms with Crippen molar-refractivity contribution in [3.63, 3.8) is 0 Å². The van der Waals surface area contributed by atoms with Crippen LogP contribution in [-0.2, 0) is 9.53 Å². The number of hydrogen-bond donors (Lipinski definition) is 1. The van der Waals surface area contributed by atoms with Crippen molar-refractivity contribution >= 4 is 62.2 Å². The number of fused-ring (bicyclic) bond motifs is 1. The van der Waals surface area contributed by atoms with E-state index in [0.717, 1.165) is 11.3 Å². The van der Waals surface area contributed by atoms with E-state index >= 15 is 0 Å². The van der Waals surface area contributed by atoms with E-state index in [4.69, 9.17) is 27.9 Å². The number of alkyl halides is 2. The summed E-state index contributed by atoms with van der Waals surface area (Å²) in [4.78, 5) is 24.4. The number of para-hydroxylation sites is 2. The minimum atomic E-state index is -3.04. The summed E-state index contributed by atoms with van der Waals surface area (Å²) in [6, 6.07) is 10.6. The molecule has 2 aromatic carbocycles. The third-order valence-electron chi connectivity index (χ3n) is 3.49. The molecule has 0 aliphatic heterocycles. The Hall–Kier alpha value is -2.42. The maximum atomic E-state index is 12.4. The molecule has 0 bridgehead atoms. The van der Waals surface area contributed by atoms with Crippen LogP contribution in [0.2, 0.25) is 10.0 Å². The van der Waals surface area contributed by atoms with Gasteiger partial charge in [0.1, 0.15) is 10.6 Å². The van der Waals surface area contributed by atoms with Crippen molar-refractivity contribution in [2.75, 3.05) is 11.9 Å². The van der Waals surface area contributed by atoms with E-state index in [9.17, 15) is 18.4 Å². The number of rotatable bonds is 6. The summed E-state index contributed by atoms with van der Waals surface area (Å²) in [7, 11) is 0. The van der Waals surface area contributed by atoms with Gasteiger partial charge in [-0.2, -0.15) is 8.78 Å². The Kier molecular flexibility index (Phi) is 6.33. The Balaban J connectivity index is 1.65. The van der Waals surface area contributed by atoms with E-state index in [0.29, 0.717) is 15.1 Å². The van der Waals surface area contributed by atoms with Gasteiger partial charge in [0.15, 0.2) is 6.61 Å². The molecule has 5 nitrogen and oxygen atoms in total. The lowest BCUT2D eigenvalue weighted by atomic mass is 10.2. The molecule has 0 radical (unpaired) electrons. The van der Waals surface area contributed by atoms with Crippen LogP contribution in [-0.4, -0.2) is 25.1 Å². The second-order valence-corrected chi connectivity index (χ2v) is 7.25. The first-order valence-corrected chi connectivity index (χ1v) is 9.30. The molecule has 10 heteroatoms. The van der Waals surface area contributed by atoms with Gasteiger partial charge in [0.2, 0.25) is 0 Å². The fraction of sp³-hybridized carbons (Fsp3) is 0.111. The molecule has 3 aromatic rings. The lowest BCUT2D eigenvalue weighted by Crippen LogP contribution is -2.21. The highest BCUT2D eigenvalue weighted by molar-refractivity contribution is 7.21. The number of anilines is 1. The van der Waals surface area contributed by atoms with Gasteiger partial charge in [0, 0.05) is 15.1 Å². The van der Waals surface area contributed by atoms with Crippen LogP contribution in [0.5, 0.6) is 5.75 Å². The maximum Gasteiger partial charge on any atom is 0.387 e. The van der Waals surface area contributed by atoms with Crippen molar-refractivity contribution in [3.05, 3.63) is 57.4 Å². The number of nitrogens with one attached hydrogen (secondary N) is 1. The molecule has 0 aliphatic carbocycles. The van der Waals surface area contributed by atoms with Gasteiger partial charge in [0.25, 0.3) is 5.91 Å². The first-order valence-electron chi connectivity index (χ1n) is 7.73. The van der Waals surface area contributed by atoms with Gasteiger partial charge in [-0.1, -0.05) is 41.4 Å². The fourth-order valence-electron chi connectivity index (χ4n) is 2.32. The molecule has 28 heavy (non-hydrogen) atoms. The van der Waals surface area contributed by atoms with Crippen molar-refractivity contribution in [1.82, 2.24) is 0 Å². The first kappa shape index (κ1) is 20.3. The summed E-state index contributed by atoms with van der Waals surface area (Å²) < 4.78 is 34.8. The van der Waals surface area contributed by atoms with Crippen LogP contribution in [0.25, 0.3) is 10.1 Å². The highest BCUT2D eigenvalue weighted by Gasteiger charge is 2.20. The number of carbonyl (C=O) groups excluding carboxylic acids is 2. The Morgan fingerprint density at radius 3 is 2.64 bits per heavy atom. The standard InChI is InChI=1S/C18H11Cl2F2NO4S/c19-9-5-6-10-13(7-9)28-16(15(10)20)17(25)26-8-14(24)23-11-3-1-2-4-12(11)27-18(21)22/h1-7,18H,8H2,(H,23,24). The third kappa shape index (κ3) is 4.70. The molecular formula is C18H11Cl2F2NO4S. The minimum Gasteiger partial charge on any atom is -0.451 e. The summed E-state index contributed by atoms with van der Waals surface area (Å²) in [5, 5.41) is 3.69. The first-order chi connectivity index (χ1) is 13.3. The van der Waals surface area contributed by atoms with Gasteiger partial charge in [-0.3, -0.25) is 4.79 Å². The molecular weight excluding hydrogens is 435 g/mol. The molecule has 0 saturated carbocycles. The van der Waals surface area contributed by atoms with Crippen molar-refractivity contribution in [2.45, 2.75) is 6.61 Å². The van der Waals surface area contributed by atoms with Crippen LogP contribution in [0.15, 0.2) is 42.5 Å². The summed E-state index contributed by atoms with van der Waals surface area (Å²) >= 11 is 13.2. The number of hydrogen-bond acceptors (Lipinski definition) is 5. The van der Waals surface area contributed by atoms with Crippen LogP contribution in [0.4, 0.5) is 14.5 Å². The predicted molar refractivity (Wildman–Crippen MR) is 104 cm³/mol. The van der Waals surface area contributed by atoms with E-state index in [-0.39, 0.29) is 21.3 Å². The molecule has 3 rings (SSSR count). The molecule has 0 fully saturated rings. The lowest BCUT2D eigenvalue weighted by Gasteiger charge is -2.11. The largest absolute Gasteiger partial charge is 0.451 e. The predicted octanol–water partition coefficient (Wildman–Crippen LogP) is 5.61. The van der Waals surface area contributed by atoms with E-state index in [1.54, 1.807) is 18.2 Å². The molecule has 146 valence electrons. The normalized spacial score (nSPS) is 10.9. The van der Waals surface area contributed by atoms with Crippen LogP contribution in [0.3, 0.4) is 0 Å². The van der Waals surface area contributed by atoms with Gasteiger partial charge in [-0.05, 0) is 24.3 Å². The van der Waals surface area contributed by atoms with Gasteiger partial charge in [-0.15, -0.1) is 11.3 Å². The van der Waals surface area contributed by atoms with Gasteiger partial charge in [-0.25, -0.2) is 4.79 Å². The zero-order chi connectivity index (χ0) is 20.3. The number of carbonyl (C=O) groups is 2. The molecule has 1 amide bonds. The molecule has 1 aromatic heterocycles. The molecule has 0 aliphatic rings. The minimum absolute atomic E-state index is 0.0263. The zero-order valence-corrected chi connectivity index (χ0v) is 16.2. The summed E-state index contributed by atoms with van der Waals surface area (Å²) in [6.07, 6.45) is 0. The van der Waals surface area contributed by atoms with E-state index in [1.807, 2.05) is 0 Å². The highest BCUT2D eigenvalue weighted by atomic mass is 35.5. The number of benzene rings is 2. The molecule has 0 atom stereocenters. The monoisotopic (exact) mass is 445 g/mol. The SMILES string of the molecule is O=C(COC(=O)c1sc2cc(Cl)ccc2c1Cl)Nc1ccccc1OC(F)F.